The summed E-state index contributed by atoms with van der Waals surface area (Å²) in [5.74, 6) is 1.29. The van der Waals surface area contributed by atoms with E-state index < -0.39 is 0 Å². The van der Waals surface area contributed by atoms with Crippen LogP contribution in [0.5, 0.6) is 0 Å². The van der Waals surface area contributed by atoms with Crippen LogP contribution in [-0.2, 0) is 6.54 Å². The second-order valence-electron chi connectivity index (χ2n) is 5.21. The first-order valence-corrected chi connectivity index (χ1v) is 8.19. The molecule has 3 N–H and O–H groups in total. The maximum atomic E-state index is 5.95. The largest absolute Gasteiger partial charge is 0.370 e. The Morgan fingerprint density at radius 2 is 2.17 bits per heavy atom. The van der Waals surface area contributed by atoms with Crippen molar-refractivity contribution in [2.45, 2.75) is 39.2 Å². The second kappa shape index (κ2) is 11.2. The van der Waals surface area contributed by atoms with Crippen LogP contribution >= 0.6 is 35.6 Å². The van der Waals surface area contributed by atoms with E-state index in [0.29, 0.717) is 22.7 Å². The van der Waals surface area contributed by atoms with Gasteiger partial charge < -0.3 is 15.6 Å². The lowest BCUT2D eigenvalue weighted by Crippen LogP contribution is -2.32. The Balaban J connectivity index is 0.00000288. The lowest BCUT2D eigenvalue weighted by molar-refractivity contribution is 0.381. The number of nitrogens with zero attached hydrogens (tertiary/aromatic N) is 3. The lowest BCUT2D eigenvalue weighted by atomic mass is 10.2. The second-order valence-corrected chi connectivity index (χ2v) is 5.65. The van der Waals surface area contributed by atoms with Gasteiger partial charge in [0.05, 0.1) is 0 Å². The Kier molecular flexibility index (Phi) is 9.70. The number of benzene rings is 1. The highest BCUT2D eigenvalue weighted by atomic mass is 127. The van der Waals surface area contributed by atoms with Crippen LogP contribution in [0.15, 0.2) is 33.8 Å². The van der Waals surface area contributed by atoms with E-state index >= 15 is 0 Å². The first kappa shape index (κ1) is 20.7. The molecule has 0 bridgehead atoms. The molecule has 0 atom stereocenters. The minimum absolute atomic E-state index is 0. The highest BCUT2D eigenvalue weighted by molar-refractivity contribution is 14.0. The predicted octanol–water partition coefficient (Wildman–Crippen LogP) is 3.99. The summed E-state index contributed by atoms with van der Waals surface area (Å²) in [6.45, 7) is 3.26. The first-order valence-electron chi connectivity index (χ1n) is 7.81. The van der Waals surface area contributed by atoms with Gasteiger partial charge in [-0.3, -0.25) is 0 Å². The van der Waals surface area contributed by atoms with Gasteiger partial charge in [-0.25, -0.2) is 4.99 Å². The topological polar surface area (TPSA) is 89.3 Å². The molecule has 1 aromatic heterocycles. The van der Waals surface area contributed by atoms with Crippen LogP contribution < -0.4 is 11.1 Å². The maximum Gasteiger partial charge on any atom is 0.248 e. The average Bonchev–Trinajstić information content (AvgIpc) is 3.02. The Bertz CT molecular complexity index is 647. The quantitative estimate of drug-likeness (QED) is 0.267. The average molecular weight is 464 g/mol. The minimum Gasteiger partial charge on any atom is -0.370 e. The summed E-state index contributed by atoms with van der Waals surface area (Å²) >= 11 is 5.95. The molecule has 8 heteroatoms. The van der Waals surface area contributed by atoms with Crippen molar-refractivity contribution in [2.75, 3.05) is 6.54 Å². The van der Waals surface area contributed by atoms with Gasteiger partial charge in [0.2, 0.25) is 11.7 Å². The zero-order chi connectivity index (χ0) is 16.5. The number of hydrogen-bond acceptors (Lipinski definition) is 4. The monoisotopic (exact) mass is 463 g/mol. The van der Waals surface area contributed by atoms with Gasteiger partial charge in [0, 0.05) is 17.1 Å². The van der Waals surface area contributed by atoms with Crippen molar-refractivity contribution in [2.24, 2.45) is 10.7 Å². The summed E-state index contributed by atoms with van der Waals surface area (Å²) in [4.78, 5) is 8.49. The van der Waals surface area contributed by atoms with Gasteiger partial charge in [0.15, 0.2) is 5.96 Å². The van der Waals surface area contributed by atoms with Crippen LogP contribution in [0.3, 0.4) is 0 Å². The van der Waals surface area contributed by atoms with Gasteiger partial charge in [-0.05, 0) is 18.6 Å². The molecule has 0 aliphatic carbocycles. The van der Waals surface area contributed by atoms with Crippen LogP contribution in [0.1, 0.15) is 38.5 Å². The SMILES string of the molecule is CCCCCCNC(N)=NCc1nc(-c2cccc(Cl)c2)no1.I. The van der Waals surface area contributed by atoms with Gasteiger partial charge in [-0.1, -0.05) is 55.1 Å². The molecule has 1 heterocycles. The Morgan fingerprint density at radius 3 is 2.92 bits per heavy atom. The summed E-state index contributed by atoms with van der Waals surface area (Å²) in [7, 11) is 0. The molecule has 0 aliphatic heterocycles. The van der Waals surface area contributed by atoms with Crippen LogP contribution in [-0.4, -0.2) is 22.6 Å². The van der Waals surface area contributed by atoms with Crippen LogP contribution in [0, 0.1) is 0 Å². The Morgan fingerprint density at radius 1 is 1.33 bits per heavy atom. The van der Waals surface area contributed by atoms with E-state index in [9.17, 15) is 0 Å². The maximum absolute atomic E-state index is 5.95. The van der Waals surface area contributed by atoms with Crippen LogP contribution in [0.25, 0.3) is 11.4 Å². The molecule has 2 rings (SSSR count). The molecular formula is C16H23ClIN5O. The molecule has 0 fully saturated rings. The molecule has 0 spiro atoms. The van der Waals surface area contributed by atoms with Crippen molar-refractivity contribution < 1.29 is 4.52 Å². The number of aromatic nitrogens is 2. The van der Waals surface area contributed by atoms with E-state index in [4.69, 9.17) is 21.9 Å². The third kappa shape index (κ3) is 7.04. The molecule has 0 unspecified atom stereocenters. The molecule has 6 nitrogen and oxygen atoms in total. The molecule has 2 aromatic rings. The van der Waals surface area contributed by atoms with E-state index in [1.807, 2.05) is 12.1 Å². The van der Waals surface area contributed by atoms with Gasteiger partial charge in [-0.15, -0.1) is 24.0 Å². The van der Waals surface area contributed by atoms with Crippen LogP contribution in [0.2, 0.25) is 5.02 Å². The minimum atomic E-state index is 0. The number of nitrogens with two attached hydrogens (primary N) is 1. The predicted molar refractivity (Wildman–Crippen MR) is 108 cm³/mol. The molecule has 1 aromatic carbocycles. The third-order valence-corrected chi connectivity index (χ3v) is 3.51. The zero-order valence-corrected chi connectivity index (χ0v) is 16.8. The summed E-state index contributed by atoms with van der Waals surface area (Å²) in [5.41, 5.74) is 6.61. The van der Waals surface area contributed by atoms with Crippen molar-refractivity contribution in [1.29, 1.82) is 0 Å². The number of unbranched alkanes of at least 4 members (excludes halogenated alkanes) is 3. The number of aliphatic imine (C=N–C) groups is 1. The summed E-state index contributed by atoms with van der Waals surface area (Å²) in [6.07, 6.45) is 4.75. The lowest BCUT2D eigenvalue weighted by Gasteiger charge is -2.04. The van der Waals surface area contributed by atoms with Crippen molar-refractivity contribution in [3.05, 3.63) is 35.2 Å². The van der Waals surface area contributed by atoms with Gasteiger partial charge in [0.1, 0.15) is 6.54 Å². The smallest absolute Gasteiger partial charge is 0.248 e. The summed E-state index contributed by atoms with van der Waals surface area (Å²) in [5, 5.41) is 7.63. The van der Waals surface area contributed by atoms with Crippen molar-refractivity contribution in [3.8, 4) is 11.4 Å². The standard InChI is InChI=1S/C16H22ClN5O.HI/c1-2-3-4-5-9-19-16(18)20-11-14-21-15(22-23-14)12-7-6-8-13(17)10-12;/h6-8,10H,2-5,9,11H2,1H3,(H3,18,19,20);1H. The number of nitrogens with one attached hydrogen (secondary N) is 1. The highest BCUT2D eigenvalue weighted by Gasteiger charge is 2.08. The molecule has 0 amide bonds. The number of halogens is 2. The first-order chi connectivity index (χ1) is 11.2. The van der Waals surface area contributed by atoms with Crippen molar-refractivity contribution in [3.63, 3.8) is 0 Å². The molecule has 0 saturated carbocycles. The number of hydrogen-bond donors (Lipinski definition) is 2. The van der Waals surface area contributed by atoms with Gasteiger partial charge in [-0.2, -0.15) is 4.98 Å². The third-order valence-electron chi connectivity index (χ3n) is 3.27. The van der Waals surface area contributed by atoms with E-state index in [0.717, 1.165) is 18.5 Å². The fourth-order valence-corrected chi connectivity index (χ4v) is 2.23. The molecule has 132 valence electrons. The fourth-order valence-electron chi connectivity index (χ4n) is 2.04. The van der Waals surface area contributed by atoms with Crippen molar-refractivity contribution >= 4 is 41.5 Å². The van der Waals surface area contributed by atoms with E-state index in [-0.39, 0.29) is 30.5 Å². The summed E-state index contributed by atoms with van der Waals surface area (Å²) in [6, 6.07) is 7.29. The fraction of sp³-hybridized carbons (Fsp3) is 0.438. The molecular weight excluding hydrogens is 441 g/mol. The van der Waals surface area contributed by atoms with Crippen molar-refractivity contribution in [1.82, 2.24) is 15.5 Å². The molecule has 24 heavy (non-hydrogen) atoms. The Hall–Kier alpha value is -1.35. The van der Waals surface area contributed by atoms with E-state index in [2.05, 4.69) is 27.4 Å². The number of guanidine groups is 1. The molecule has 0 saturated heterocycles. The highest BCUT2D eigenvalue weighted by Crippen LogP contribution is 2.19. The number of rotatable bonds is 8. The van der Waals surface area contributed by atoms with E-state index in [1.165, 1.54) is 19.3 Å². The van der Waals surface area contributed by atoms with Gasteiger partial charge in [0.25, 0.3) is 0 Å². The molecule has 0 aliphatic rings. The normalized spacial score (nSPS) is 11.2. The van der Waals surface area contributed by atoms with E-state index in [1.54, 1.807) is 12.1 Å². The summed E-state index contributed by atoms with van der Waals surface area (Å²) < 4.78 is 5.17. The van der Waals surface area contributed by atoms with Crippen LogP contribution in [0.4, 0.5) is 0 Å². The van der Waals surface area contributed by atoms with Gasteiger partial charge >= 0.3 is 0 Å². The zero-order valence-electron chi connectivity index (χ0n) is 13.7. The molecule has 0 radical (unpaired) electrons. The Labute approximate surface area is 164 Å².